The molecule has 3 aromatic heterocycles. The third kappa shape index (κ3) is 3.18. The van der Waals surface area contributed by atoms with E-state index in [0.717, 1.165) is 18.6 Å². The van der Waals surface area contributed by atoms with Crippen LogP contribution in [0.3, 0.4) is 0 Å². The average Bonchev–Trinajstić information content (AvgIpc) is 3.13. The van der Waals surface area contributed by atoms with E-state index in [1.54, 1.807) is 4.57 Å². The van der Waals surface area contributed by atoms with Crippen LogP contribution >= 0.6 is 0 Å². The van der Waals surface area contributed by atoms with Crippen LogP contribution in [-0.2, 0) is 13.1 Å². The summed E-state index contributed by atoms with van der Waals surface area (Å²) in [6.45, 7) is 9.14. The van der Waals surface area contributed by atoms with Gasteiger partial charge in [-0.1, -0.05) is 27.2 Å². The number of fused-ring (bicyclic) bond motifs is 1. The molecule has 0 saturated carbocycles. The topological polar surface area (TPSA) is 85.8 Å². The molecule has 0 saturated heterocycles. The highest BCUT2D eigenvalue weighted by Crippen LogP contribution is 2.25. The van der Waals surface area contributed by atoms with Crippen LogP contribution in [0.1, 0.15) is 39.4 Å². The van der Waals surface area contributed by atoms with Crippen molar-refractivity contribution in [3.63, 3.8) is 0 Å². The first-order chi connectivity index (χ1) is 11.9. The second kappa shape index (κ2) is 6.74. The predicted molar refractivity (Wildman–Crippen MR) is 96.8 cm³/mol. The summed E-state index contributed by atoms with van der Waals surface area (Å²) in [6, 6.07) is 3.71. The van der Waals surface area contributed by atoms with E-state index in [9.17, 15) is 9.59 Å². The van der Waals surface area contributed by atoms with E-state index in [1.807, 2.05) is 37.5 Å². The van der Waals surface area contributed by atoms with E-state index in [0.29, 0.717) is 35.8 Å². The Morgan fingerprint density at radius 3 is 2.60 bits per heavy atom. The number of hydrogen-bond donors (Lipinski definition) is 1. The molecule has 134 valence electrons. The number of H-pyrrole nitrogens is 1. The molecule has 7 nitrogen and oxygen atoms in total. The van der Waals surface area contributed by atoms with Gasteiger partial charge in [0.25, 0.3) is 5.56 Å². The first-order valence-corrected chi connectivity index (χ1v) is 8.72. The fraction of sp³-hybridized carbons (Fsp3) is 0.500. The van der Waals surface area contributed by atoms with Crippen LogP contribution in [0, 0.1) is 12.8 Å². The number of hydrogen-bond acceptors (Lipinski definition) is 4. The van der Waals surface area contributed by atoms with Gasteiger partial charge in [-0.3, -0.25) is 14.3 Å². The lowest BCUT2D eigenvalue weighted by atomic mass is 10.2. The van der Waals surface area contributed by atoms with E-state index in [2.05, 4.69) is 16.9 Å². The van der Waals surface area contributed by atoms with Gasteiger partial charge in [0.05, 0.1) is 0 Å². The third-order valence-electron chi connectivity index (χ3n) is 4.13. The van der Waals surface area contributed by atoms with Gasteiger partial charge in [-0.25, -0.2) is 9.78 Å². The second-order valence-corrected chi connectivity index (χ2v) is 6.79. The van der Waals surface area contributed by atoms with Gasteiger partial charge in [0, 0.05) is 13.1 Å². The zero-order valence-electron chi connectivity index (χ0n) is 15.1. The molecule has 0 atom stereocenters. The molecule has 1 N–H and O–H groups in total. The monoisotopic (exact) mass is 344 g/mol. The van der Waals surface area contributed by atoms with Gasteiger partial charge < -0.3 is 8.98 Å². The molecule has 7 heteroatoms. The van der Waals surface area contributed by atoms with Crippen molar-refractivity contribution in [1.82, 2.24) is 19.1 Å². The fourth-order valence-corrected chi connectivity index (χ4v) is 2.98. The van der Waals surface area contributed by atoms with Crippen molar-refractivity contribution >= 4 is 11.2 Å². The Kier molecular flexibility index (Phi) is 4.65. The van der Waals surface area contributed by atoms with Gasteiger partial charge in [-0.2, -0.15) is 0 Å². The molecule has 3 aromatic rings. The van der Waals surface area contributed by atoms with Crippen molar-refractivity contribution in [3.8, 4) is 11.6 Å². The van der Waals surface area contributed by atoms with Gasteiger partial charge in [0.1, 0.15) is 5.76 Å². The van der Waals surface area contributed by atoms with Crippen LogP contribution in [0.4, 0.5) is 0 Å². The minimum absolute atomic E-state index is 0.252. The number of nitrogens with zero attached hydrogens (tertiary/aromatic N) is 3. The van der Waals surface area contributed by atoms with Crippen molar-refractivity contribution in [1.29, 1.82) is 0 Å². The maximum absolute atomic E-state index is 12.5. The molecule has 0 fully saturated rings. The zero-order valence-corrected chi connectivity index (χ0v) is 15.1. The SMILES string of the molecule is CCCCn1c(-c2ccc(C)o2)nc2c1c(=O)[nH]c(=O)n2CC(C)C. The summed E-state index contributed by atoms with van der Waals surface area (Å²) >= 11 is 0. The largest absolute Gasteiger partial charge is 0.458 e. The summed E-state index contributed by atoms with van der Waals surface area (Å²) in [7, 11) is 0. The number of aromatic amines is 1. The van der Waals surface area contributed by atoms with E-state index in [-0.39, 0.29) is 5.92 Å². The van der Waals surface area contributed by atoms with Crippen LogP contribution in [0.25, 0.3) is 22.7 Å². The molecule has 0 aliphatic rings. The first-order valence-electron chi connectivity index (χ1n) is 8.72. The standard InChI is InChI=1S/C18H24N4O3/c1-5-6-9-21-14-16(19-15(21)13-8-7-12(4)25-13)22(10-11(2)3)18(24)20-17(14)23/h7-8,11H,5-6,9-10H2,1-4H3,(H,20,23,24). The predicted octanol–water partition coefficient (Wildman–Crippen LogP) is 2.91. The minimum Gasteiger partial charge on any atom is -0.458 e. The summed E-state index contributed by atoms with van der Waals surface area (Å²) < 4.78 is 9.14. The maximum Gasteiger partial charge on any atom is 0.330 e. The summed E-state index contributed by atoms with van der Waals surface area (Å²) in [5.74, 6) is 2.22. The second-order valence-electron chi connectivity index (χ2n) is 6.79. The Bertz CT molecular complexity index is 1000. The Morgan fingerprint density at radius 1 is 1.24 bits per heavy atom. The van der Waals surface area contributed by atoms with Crippen molar-refractivity contribution in [2.75, 3.05) is 0 Å². The number of unbranched alkanes of at least 4 members (excludes halogenated alkanes) is 1. The number of imidazole rings is 1. The van der Waals surface area contributed by atoms with E-state index in [1.165, 1.54) is 0 Å². The molecule has 0 amide bonds. The normalized spacial score (nSPS) is 11.7. The first kappa shape index (κ1) is 17.3. The quantitative estimate of drug-likeness (QED) is 0.745. The molecule has 3 rings (SSSR count). The maximum atomic E-state index is 12.5. The fourth-order valence-electron chi connectivity index (χ4n) is 2.98. The molecule has 0 aliphatic carbocycles. The van der Waals surface area contributed by atoms with Gasteiger partial charge in [-0.05, 0) is 31.4 Å². The van der Waals surface area contributed by atoms with Crippen molar-refractivity contribution in [3.05, 3.63) is 38.7 Å². The van der Waals surface area contributed by atoms with Gasteiger partial charge in [0.2, 0.25) is 0 Å². The van der Waals surface area contributed by atoms with E-state index < -0.39 is 11.2 Å². The van der Waals surface area contributed by atoms with Crippen molar-refractivity contribution < 1.29 is 4.42 Å². The lowest BCUT2D eigenvalue weighted by molar-refractivity contribution is 0.513. The Balaban J connectivity index is 2.33. The highest BCUT2D eigenvalue weighted by atomic mass is 16.3. The Morgan fingerprint density at radius 2 is 2.00 bits per heavy atom. The van der Waals surface area contributed by atoms with E-state index >= 15 is 0 Å². The molecule has 25 heavy (non-hydrogen) atoms. The molecular weight excluding hydrogens is 320 g/mol. The Hall–Kier alpha value is -2.57. The third-order valence-corrected chi connectivity index (χ3v) is 4.13. The summed E-state index contributed by atoms with van der Waals surface area (Å²) in [4.78, 5) is 31.9. The highest BCUT2D eigenvalue weighted by Gasteiger charge is 2.21. The average molecular weight is 344 g/mol. The number of furan rings is 1. The van der Waals surface area contributed by atoms with Crippen molar-refractivity contribution in [2.24, 2.45) is 5.92 Å². The number of aromatic nitrogens is 4. The number of rotatable bonds is 6. The Labute approximate surface area is 145 Å². The zero-order chi connectivity index (χ0) is 18.1. The van der Waals surface area contributed by atoms with Gasteiger partial charge in [0.15, 0.2) is 22.7 Å². The van der Waals surface area contributed by atoms with Gasteiger partial charge >= 0.3 is 5.69 Å². The summed E-state index contributed by atoms with van der Waals surface area (Å²) in [6.07, 6.45) is 1.89. The van der Waals surface area contributed by atoms with Crippen LogP contribution in [0.5, 0.6) is 0 Å². The van der Waals surface area contributed by atoms with Gasteiger partial charge in [-0.15, -0.1) is 0 Å². The van der Waals surface area contributed by atoms with E-state index in [4.69, 9.17) is 4.42 Å². The lowest BCUT2D eigenvalue weighted by Crippen LogP contribution is -2.32. The molecule has 0 radical (unpaired) electrons. The lowest BCUT2D eigenvalue weighted by Gasteiger charge is -2.09. The smallest absolute Gasteiger partial charge is 0.330 e. The molecule has 0 spiro atoms. The highest BCUT2D eigenvalue weighted by molar-refractivity contribution is 5.75. The molecule has 0 unspecified atom stereocenters. The van der Waals surface area contributed by atoms with Crippen LogP contribution in [0.15, 0.2) is 26.1 Å². The van der Waals surface area contributed by atoms with Crippen LogP contribution in [0.2, 0.25) is 0 Å². The van der Waals surface area contributed by atoms with Crippen LogP contribution < -0.4 is 11.2 Å². The number of nitrogens with one attached hydrogen (secondary N) is 1. The summed E-state index contributed by atoms with van der Waals surface area (Å²) in [5, 5.41) is 0. The molecule has 0 bridgehead atoms. The summed E-state index contributed by atoms with van der Waals surface area (Å²) in [5.41, 5.74) is 0.0204. The number of aryl methyl sites for hydroxylation is 2. The molecule has 0 aliphatic heterocycles. The molecule has 3 heterocycles. The molecular formula is C18H24N4O3. The minimum atomic E-state index is -0.423. The molecule has 0 aromatic carbocycles. The van der Waals surface area contributed by atoms with Crippen LogP contribution in [-0.4, -0.2) is 19.1 Å². The van der Waals surface area contributed by atoms with Crippen molar-refractivity contribution in [2.45, 2.75) is 53.6 Å².